The fourth-order valence-corrected chi connectivity index (χ4v) is 2.04. The Hall–Kier alpha value is -1.85. The zero-order valence-corrected chi connectivity index (χ0v) is 13.9. The van der Waals surface area contributed by atoms with Gasteiger partial charge in [-0.3, -0.25) is 4.79 Å². The topological polar surface area (TPSA) is 81.2 Å². The number of halogens is 1. The van der Waals surface area contributed by atoms with E-state index in [0.717, 1.165) is 28.9 Å². The largest absolute Gasteiger partial charge is 0.444 e. The first-order valence-electron chi connectivity index (χ1n) is 7.11. The third kappa shape index (κ3) is 4.32. The fraction of sp³-hybridized carbons (Fsp3) is 0.375. The number of amides is 1. The second-order valence-electron chi connectivity index (χ2n) is 5.21. The number of rotatable bonds is 5. The van der Waals surface area contributed by atoms with Gasteiger partial charge >= 0.3 is 0 Å². The van der Waals surface area contributed by atoms with Gasteiger partial charge in [0.1, 0.15) is 6.26 Å². The molecule has 2 aromatic rings. The van der Waals surface area contributed by atoms with Crippen LogP contribution in [0, 0.1) is 13.8 Å². The molecule has 0 spiro atoms. The summed E-state index contributed by atoms with van der Waals surface area (Å²) in [6, 6.07) is 5.22. The van der Waals surface area contributed by atoms with Crippen LogP contribution in [0.15, 0.2) is 28.9 Å². The fourth-order valence-electron chi connectivity index (χ4n) is 2.04. The molecule has 0 aliphatic heterocycles. The molecule has 1 unspecified atom stereocenters. The van der Waals surface area contributed by atoms with E-state index in [1.807, 2.05) is 39.0 Å². The maximum absolute atomic E-state index is 12.0. The van der Waals surface area contributed by atoms with Crippen molar-refractivity contribution in [3.05, 3.63) is 35.7 Å². The lowest BCUT2D eigenvalue weighted by Gasteiger charge is -2.13. The molecule has 120 valence electrons. The maximum atomic E-state index is 12.0. The number of nitrogens with two attached hydrogens (primary N) is 1. The molecule has 0 aliphatic carbocycles. The molecular weight excluding hydrogens is 302 g/mol. The summed E-state index contributed by atoms with van der Waals surface area (Å²) in [7, 11) is 0. The van der Waals surface area contributed by atoms with Gasteiger partial charge in [0.05, 0.1) is 11.7 Å². The predicted octanol–water partition coefficient (Wildman–Crippen LogP) is 3.45. The van der Waals surface area contributed by atoms with Crippen molar-refractivity contribution >= 4 is 24.0 Å². The smallest absolute Gasteiger partial charge is 0.241 e. The Morgan fingerprint density at radius 3 is 2.73 bits per heavy atom. The van der Waals surface area contributed by atoms with Crippen molar-refractivity contribution in [2.75, 3.05) is 5.32 Å². The van der Waals surface area contributed by atoms with Crippen molar-refractivity contribution in [2.24, 2.45) is 5.73 Å². The molecular formula is C16H22ClN3O2. The molecule has 1 aromatic carbocycles. The van der Waals surface area contributed by atoms with Crippen LogP contribution in [0.5, 0.6) is 0 Å². The molecule has 0 fully saturated rings. The van der Waals surface area contributed by atoms with E-state index in [1.165, 1.54) is 0 Å². The van der Waals surface area contributed by atoms with Crippen molar-refractivity contribution in [2.45, 2.75) is 39.7 Å². The van der Waals surface area contributed by atoms with Crippen LogP contribution in [0.4, 0.5) is 5.69 Å². The Bertz CT molecular complexity index is 640. The average molecular weight is 324 g/mol. The zero-order valence-electron chi connectivity index (χ0n) is 13.1. The summed E-state index contributed by atoms with van der Waals surface area (Å²) in [5.41, 5.74) is 9.19. The second-order valence-corrected chi connectivity index (χ2v) is 5.21. The van der Waals surface area contributed by atoms with Crippen LogP contribution in [0.25, 0.3) is 11.5 Å². The minimum Gasteiger partial charge on any atom is -0.444 e. The van der Waals surface area contributed by atoms with Crippen LogP contribution in [-0.2, 0) is 4.79 Å². The SMILES string of the molecule is CCCC(N)C(=O)Nc1cc(-c2nc(C)co2)ccc1C.Cl. The number of oxazole rings is 1. The highest BCUT2D eigenvalue weighted by molar-refractivity contribution is 5.95. The minimum atomic E-state index is -0.484. The number of carbonyl (C=O) groups is 1. The number of carbonyl (C=O) groups excluding carboxylic acids is 1. The Morgan fingerprint density at radius 1 is 1.41 bits per heavy atom. The highest BCUT2D eigenvalue weighted by Gasteiger charge is 2.14. The summed E-state index contributed by atoms with van der Waals surface area (Å²) in [5.74, 6) is 0.376. The summed E-state index contributed by atoms with van der Waals surface area (Å²) in [6.07, 6.45) is 3.15. The van der Waals surface area contributed by atoms with E-state index < -0.39 is 6.04 Å². The van der Waals surface area contributed by atoms with E-state index in [-0.39, 0.29) is 18.3 Å². The van der Waals surface area contributed by atoms with E-state index in [2.05, 4.69) is 10.3 Å². The molecule has 0 aliphatic rings. The monoisotopic (exact) mass is 323 g/mol. The van der Waals surface area contributed by atoms with Gasteiger partial charge in [-0.05, 0) is 38.0 Å². The number of aryl methyl sites for hydroxylation is 2. The van der Waals surface area contributed by atoms with Gasteiger partial charge in [0.25, 0.3) is 0 Å². The lowest BCUT2D eigenvalue weighted by Crippen LogP contribution is -2.35. The standard InChI is InChI=1S/C16H21N3O2.ClH/c1-4-5-13(17)15(20)19-14-8-12(7-6-10(14)2)16-18-11(3)9-21-16;/h6-9,13H,4-5,17H2,1-3H3,(H,19,20);1H. The molecule has 1 heterocycles. The molecule has 6 heteroatoms. The third-order valence-corrected chi connectivity index (χ3v) is 3.30. The number of aromatic nitrogens is 1. The van der Waals surface area contributed by atoms with E-state index in [0.29, 0.717) is 12.3 Å². The van der Waals surface area contributed by atoms with Gasteiger partial charge in [0, 0.05) is 11.3 Å². The average Bonchev–Trinajstić information content (AvgIpc) is 2.88. The van der Waals surface area contributed by atoms with Crippen molar-refractivity contribution in [3.63, 3.8) is 0 Å². The van der Waals surface area contributed by atoms with Gasteiger partial charge in [0.2, 0.25) is 11.8 Å². The molecule has 3 N–H and O–H groups in total. The first-order chi connectivity index (χ1) is 10.0. The minimum absolute atomic E-state index is 0. The van der Waals surface area contributed by atoms with Crippen molar-refractivity contribution < 1.29 is 9.21 Å². The van der Waals surface area contributed by atoms with Crippen molar-refractivity contribution in [1.82, 2.24) is 4.98 Å². The number of anilines is 1. The van der Waals surface area contributed by atoms with E-state index >= 15 is 0 Å². The molecule has 0 radical (unpaired) electrons. The number of hydrogen-bond acceptors (Lipinski definition) is 4. The van der Waals surface area contributed by atoms with E-state index in [9.17, 15) is 4.79 Å². The highest BCUT2D eigenvalue weighted by atomic mass is 35.5. The highest BCUT2D eigenvalue weighted by Crippen LogP contribution is 2.25. The molecule has 22 heavy (non-hydrogen) atoms. The van der Waals surface area contributed by atoms with Crippen LogP contribution in [-0.4, -0.2) is 16.9 Å². The summed E-state index contributed by atoms with van der Waals surface area (Å²) in [5, 5.41) is 2.88. The molecule has 1 atom stereocenters. The van der Waals surface area contributed by atoms with Crippen LogP contribution < -0.4 is 11.1 Å². The van der Waals surface area contributed by atoms with Gasteiger partial charge in [0.15, 0.2) is 0 Å². The van der Waals surface area contributed by atoms with Gasteiger partial charge in [-0.25, -0.2) is 4.98 Å². The molecule has 5 nitrogen and oxygen atoms in total. The van der Waals surface area contributed by atoms with E-state index in [4.69, 9.17) is 10.2 Å². The van der Waals surface area contributed by atoms with Gasteiger partial charge in [-0.2, -0.15) is 0 Å². The Balaban J connectivity index is 0.00000242. The van der Waals surface area contributed by atoms with Gasteiger partial charge in [-0.15, -0.1) is 12.4 Å². The summed E-state index contributed by atoms with van der Waals surface area (Å²) in [4.78, 5) is 16.3. The van der Waals surface area contributed by atoms with Crippen LogP contribution >= 0.6 is 12.4 Å². The quantitative estimate of drug-likeness (QED) is 0.883. The normalized spacial score (nSPS) is 11.6. The third-order valence-electron chi connectivity index (χ3n) is 3.30. The molecule has 0 bridgehead atoms. The zero-order chi connectivity index (χ0) is 15.4. The van der Waals surface area contributed by atoms with Crippen LogP contribution in [0.3, 0.4) is 0 Å². The predicted molar refractivity (Wildman–Crippen MR) is 90.2 cm³/mol. The summed E-state index contributed by atoms with van der Waals surface area (Å²) < 4.78 is 5.39. The van der Waals surface area contributed by atoms with Crippen LogP contribution in [0.1, 0.15) is 31.0 Å². The lowest BCUT2D eigenvalue weighted by molar-refractivity contribution is -0.117. The molecule has 0 saturated heterocycles. The number of nitrogens with one attached hydrogen (secondary N) is 1. The molecule has 1 aromatic heterocycles. The van der Waals surface area contributed by atoms with Crippen molar-refractivity contribution in [1.29, 1.82) is 0 Å². The number of nitrogens with zero attached hydrogens (tertiary/aromatic N) is 1. The number of benzene rings is 1. The lowest BCUT2D eigenvalue weighted by atomic mass is 10.1. The first-order valence-corrected chi connectivity index (χ1v) is 7.11. The van der Waals surface area contributed by atoms with Crippen molar-refractivity contribution in [3.8, 4) is 11.5 Å². The molecule has 1 amide bonds. The first kappa shape index (κ1) is 18.2. The van der Waals surface area contributed by atoms with Gasteiger partial charge in [-0.1, -0.05) is 19.4 Å². The Labute approximate surface area is 136 Å². The maximum Gasteiger partial charge on any atom is 0.241 e. The molecule has 2 rings (SSSR count). The van der Waals surface area contributed by atoms with E-state index in [1.54, 1.807) is 6.26 Å². The summed E-state index contributed by atoms with van der Waals surface area (Å²) in [6.45, 7) is 5.81. The Morgan fingerprint density at radius 2 is 2.14 bits per heavy atom. The van der Waals surface area contributed by atoms with Gasteiger partial charge < -0.3 is 15.5 Å². The second kappa shape index (κ2) is 7.96. The summed E-state index contributed by atoms with van der Waals surface area (Å²) >= 11 is 0. The molecule has 0 saturated carbocycles. The number of hydrogen-bond donors (Lipinski definition) is 2. The Kier molecular flexibility index (Phi) is 6.59. The van der Waals surface area contributed by atoms with Crippen LogP contribution in [0.2, 0.25) is 0 Å².